The lowest BCUT2D eigenvalue weighted by atomic mass is 10.2. The molecule has 0 aliphatic heterocycles. The third-order valence-corrected chi connectivity index (χ3v) is 5.56. The number of rotatable bonds is 6. The maximum Gasteiger partial charge on any atom is 0.251 e. The summed E-state index contributed by atoms with van der Waals surface area (Å²) in [6.07, 6.45) is 3.37. The minimum Gasteiger partial charge on any atom is -0.366 e. The summed E-state index contributed by atoms with van der Waals surface area (Å²) < 4.78 is 1.82. The first kappa shape index (κ1) is 18.1. The number of nitrogens with zero attached hydrogens (tertiary/aromatic N) is 4. The molecule has 1 atom stereocenters. The SMILES string of the molecule is C[C@H](Sc1nnc(-c2ccncc2)n1C)C(=O)Nc1sccc1C(N)=O. The van der Waals surface area contributed by atoms with E-state index in [0.29, 0.717) is 21.5 Å². The Morgan fingerprint density at radius 3 is 2.69 bits per heavy atom. The molecule has 0 spiro atoms. The summed E-state index contributed by atoms with van der Waals surface area (Å²) >= 11 is 2.53. The van der Waals surface area contributed by atoms with Gasteiger partial charge >= 0.3 is 0 Å². The fourth-order valence-electron chi connectivity index (χ4n) is 2.20. The zero-order chi connectivity index (χ0) is 18.7. The van der Waals surface area contributed by atoms with Crippen LogP contribution in [0.3, 0.4) is 0 Å². The molecule has 2 amide bonds. The van der Waals surface area contributed by atoms with Gasteiger partial charge in [0, 0.05) is 25.0 Å². The van der Waals surface area contributed by atoms with E-state index in [1.54, 1.807) is 30.8 Å². The number of hydrogen-bond acceptors (Lipinski definition) is 7. The van der Waals surface area contributed by atoms with Crippen molar-refractivity contribution >= 4 is 39.9 Å². The van der Waals surface area contributed by atoms with Crippen molar-refractivity contribution in [2.24, 2.45) is 12.8 Å². The Kier molecular flexibility index (Phi) is 5.33. The van der Waals surface area contributed by atoms with Crippen LogP contribution in [0.2, 0.25) is 0 Å². The van der Waals surface area contributed by atoms with Crippen LogP contribution in [0, 0.1) is 0 Å². The van der Waals surface area contributed by atoms with E-state index < -0.39 is 11.2 Å². The normalized spacial score (nSPS) is 11.9. The van der Waals surface area contributed by atoms with Crippen LogP contribution < -0.4 is 11.1 Å². The number of carbonyl (C=O) groups is 2. The third-order valence-electron chi connectivity index (χ3n) is 3.59. The van der Waals surface area contributed by atoms with Crippen molar-refractivity contribution in [1.29, 1.82) is 0 Å². The summed E-state index contributed by atoms with van der Waals surface area (Å²) in [6.45, 7) is 1.76. The highest BCUT2D eigenvalue weighted by atomic mass is 32.2. The molecule has 0 bridgehead atoms. The Hall–Kier alpha value is -2.72. The largest absolute Gasteiger partial charge is 0.366 e. The number of thiophene rings is 1. The van der Waals surface area contributed by atoms with Crippen molar-refractivity contribution in [3.8, 4) is 11.4 Å². The minimum atomic E-state index is -0.572. The molecule has 10 heteroatoms. The number of pyridine rings is 1. The number of aromatic nitrogens is 4. The van der Waals surface area contributed by atoms with Gasteiger partial charge in [0.2, 0.25) is 5.91 Å². The Morgan fingerprint density at radius 1 is 1.27 bits per heavy atom. The topological polar surface area (TPSA) is 116 Å². The molecule has 3 N–H and O–H groups in total. The third kappa shape index (κ3) is 3.75. The van der Waals surface area contributed by atoms with Crippen molar-refractivity contribution in [2.75, 3.05) is 5.32 Å². The van der Waals surface area contributed by atoms with Gasteiger partial charge in [0.1, 0.15) is 5.00 Å². The summed E-state index contributed by atoms with van der Waals surface area (Å²) in [6, 6.07) is 5.28. The molecule has 3 aromatic rings. The molecule has 3 rings (SSSR count). The van der Waals surface area contributed by atoms with Crippen molar-refractivity contribution in [2.45, 2.75) is 17.3 Å². The van der Waals surface area contributed by atoms with Crippen LogP contribution in [0.15, 0.2) is 41.1 Å². The lowest BCUT2D eigenvalue weighted by molar-refractivity contribution is -0.115. The molecule has 0 unspecified atom stereocenters. The first-order valence-corrected chi connectivity index (χ1v) is 9.38. The number of hydrogen-bond donors (Lipinski definition) is 2. The van der Waals surface area contributed by atoms with Gasteiger partial charge in [0.25, 0.3) is 5.91 Å². The molecule has 0 aromatic carbocycles. The fraction of sp³-hybridized carbons (Fsp3) is 0.188. The summed E-state index contributed by atoms with van der Waals surface area (Å²) in [4.78, 5) is 27.8. The second-order valence-electron chi connectivity index (χ2n) is 5.38. The van der Waals surface area contributed by atoms with Crippen LogP contribution in [-0.4, -0.2) is 36.8 Å². The number of carbonyl (C=O) groups excluding carboxylic acids is 2. The van der Waals surface area contributed by atoms with Crippen LogP contribution in [0.4, 0.5) is 5.00 Å². The molecule has 0 saturated carbocycles. The average Bonchev–Trinajstić information content (AvgIpc) is 3.23. The number of anilines is 1. The predicted molar refractivity (Wildman–Crippen MR) is 101 cm³/mol. The first-order valence-electron chi connectivity index (χ1n) is 7.62. The van der Waals surface area contributed by atoms with Crippen LogP contribution >= 0.6 is 23.1 Å². The zero-order valence-electron chi connectivity index (χ0n) is 14.0. The van der Waals surface area contributed by atoms with Gasteiger partial charge in [-0.2, -0.15) is 0 Å². The Morgan fingerprint density at radius 2 is 2.00 bits per heavy atom. The standard InChI is InChI=1S/C16H16N6O2S2/c1-9(14(24)19-15-11(12(17)23)5-8-25-15)26-16-21-20-13(22(16)2)10-3-6-18-7-4-10/h3-9H,1-2H3,(H2,17,23)(H,19,24)/t9-/m0/s1. The highest BCUT2D eigenvalue weighted by Gasteiger charge is 2.21. The first-order chi connectivity index (χ1) is 12.5. The molecule has 26 heavy (non-hydrogen) atoms. The number of thioether (sulfide) groups is 1. The van der Waals surface area contributed by atoms with E-state index in [9.17, 15) is 9.59 Å². The molecule has 0 saturated heterocycles. The molecule has 0 aliphatic rings. The minimum absolute atomic E-state index is 0.242. The van der Waals surface area contributed by atoms with E-state index in [1.165, 1.54) is 23.1 Å². The Bertz CT molecular complexity index is 937. The van der Waals surface area contributed by atoms with Gasteiger partial charge in [0.15, 0.2) is 11.0 Å². The maximum atomic E-state index is 12.4. The smallest absolute Gasteiger partial charge is 0.251 e. The molecular formula is C16H16N6O2S2. The Labute approximate surface area is 157 Å². The van der Waals surface area contributed by atoms with E-state index >= 15 is 0 Å². The van der Waals surface area contributed by atoms with Crippen molar-refractivity contribution in [3.63, 3.8) is 0 Å². The van der Waals surface area contributed by atoms with Crippen LogP contribution in [0.25, 0.3) is 11.4 Å². The van der Waals surface area contributed by atoms with E-state index in [1.807, 2.05) is 23.7 Å². The molecule has 8 nitrogen and oxygen atoms in total. The molecule has 0 aliphatic carbocycles. The number of nitrogens with one attached hydrogen (secondary N) is 1. The molecule has 0 fully saturated rings. The van der Waals surface area contributed by atoms with Crippen molar-refractivity contribution in [1.82, 2.24) is 19.7 Å². The van der Waals surface area contributed by atoms with Crippen molar-refractivity contribution in [3.05, 3.63) is 41.5 Å². The quantitative estimate of drug-likeness (QED) is 0.625. The van der Waals surface area contributed by atoms with Crippen LogP contribution in [-0.2, 0) is 11.8 Å². The second-order valence-corrected chi connectivity index (χ2v) is 7.60. The Balaban J connectivity index is 1.71. The van der Waals surface area contributed by atoms with E-state index in [2.05, 4.69) is 20.5 Å². The maximum absolute atomic E-state index is 12.4. The van der Waals surface area contributed by atoms with Gasteiger partial charge in [0.05, 0.1) is 10.8 Å². The van der Waals surface area contributed by atoms with Gasteiger partial charge in [-0.25, -0.2) is 0 Å². The number of nitrogens with two attached hydrogens (primary N) is 1. The molecule has 134 valence electrons. The predicted octanol–water partition coefficient (Wildman–Crippen LogP) is 2.16. The van der Waals surface area contributed by atoms with Gasteiger partial charge in [-0.05, 0) is 30.5 Å². The van der Waals surface area contributed by atoms with Crippen LogP contribution in [0.5, 0.6) is 0 Å². The lowest BCUT2D eigenvalue weighted by Gasteiger charge is -2.11. The van der Waals surface area contributed by atoms with Crippen molar-refractivity contribution < 1.29 is 9.59 Å². The molecule has 3 heterocycles. The fourth-order valence-corrected chi connectivity index (χ4v) is 3.81. The van der Waals surface area contributed by atoms with Gasteiger partial charge < -0.3 is 15.6 Å². The summed E-state index contributed by atoms with van der Waals surface area (Å²) in [7, 11) is 1.84. The summed E-state index contributed by atoms with van der Waals surface area (Å²) in [5.41, 5.74) is 6.49. The zero-order valence-corrected chi connectivity index (χ0v) is 15.7. The van der Waals surface area contributed by atoms with E-state index in [-0.39, 0.29) is 5.91 Å². The highest BCUT2D eigenvalue weighted by molar-refractivity contribution is 8.00. The van der Waals surface area contributed by atoms with Gasteiger partial charge in [-0.3, -0.25) is 14.6 Å². The monoisotopic (exact) mass is 388 g/mol. The lowest BCUT2D eigenvalue weighted by Crippen LogP contribution is -2.24. The van der Waals surface area contributed by atoms with Gasteiger partial charge in [-0.15, -0.1) is 21.5 Å². The van der Waals surface area contributed by atoms with Crippen LogP contribution in [0.1, 0.15) is 17.3 Å². The summed E-state index contributed by atoms with van der Waals surface area (Å²) in [5.74, 6) is -0.123. The molecule has 3 aromatic heterocycles. The second kappa shape index (κ2) is 7.67. The number of amides is 2. The average molecular weight is 388 g/mol. The highest BCUT2D eigenvalue weighted by Crippen LogP contribution is 2.28. The van der Waals surface area contributed by atoms with E-state index in [4.69, 9.17) is 5.73 Å². The summed E-state index contributed by atoms with van der Waals surface area (Å²) in [5, 5.41) is 13.4. The molecule has 0 radical (unpaired) electrons. The van der Waals surface area contributed by atoms with Gasteiger partial charge in [-0.1, -0.05) is 11.8 Å². The molecular weight excluding hydrogens is 372 g/mol. The van der Waals surface area contributed by atoms with E-state index in [0.717, 1.165) is 5.56 Å². The number of primary amides is 1.